The third-order valence-electron chi connectivity index (χ3n) is 4.28. The number of aliphatic hydroxyl groups excluding tert-OH is 1. The van der Waals surface area contributed by atoms with Crippen molar-refractivity contribution in [3.63, 3.8) is 0 Å². The van der Waals surface area contributed by atoms with Crippen LogP contribution in [0.3, 0.4) is 0 Å². The molecule has 0 saturated carbocycles. The molecule has 0 aromatic heterocycles. The van der Waals surface area contributed by atoms with E-state index < -0.39 is 28.9 Å². The van der Waals surface area contributed by atoms with E-state index in [4.69, 9.17) is 9.84 Å². The van der Waals surface area contributed by atoms with Crippen molar-refractivity contribution in [1.29, 1.82) is 0 Å². The van der Waals surface area contributed by atoms with Crippen molar-refractivity contribution in [2.45, 2.75) is 52.9 Å². The van der Waals surface area contributed by atoms with Crippen molar-refractivity contribution in [3.05, 3.63) is 54.1 Å². The second kappa shape index (κ2) is 9.52. The van der Waals surface area contributed by atoms with E-state index in [0.717, 1.165) is 21.0 Å². The lowest BCUT2D eigenvalue weighted by atomic mass is 10.0. The van der Waals surface area contributed by atoms with Crippen molar-refractivity contribution in [3.8, 4) is 11.1 Å². The van der Waals surface area contributed by atoms with Crippen LogP contribution in [0.25, 0.3) is 11.1 Å². The number of rotatable bonds is 7. The Morgan fingerprint density at radius 3 is 1.93 bits per heavy atom. The Bertz CT molecular complexity index is 841. The molecule has 0 fully saturated rings. The summed E-state index contributed by atoms with van der Waals surface area (Å²) < 4.78 is 30.6. The van der Waals surface area contributed by atoms with E-state index in [-0.39, 0.29) is 12.5 Å². The number of nitrogens with zero attached hydrogens (tertiary/aromatic N) is 1. The van der Waals surface area contributed by atoms with E-state index in [2.05, 4.69) is 0 Å². The molecule has 6 nitrogen and oxygen atoms in total. The predicted octanol–water partition coefficient (Wildman–Crippen LogP) is 3.81. The molecule has 7 heteroatoms. The molecule has 2 unspecified atom stereocenters. The number of benzene rings is 2. The van der Waals surface area contributed by atoms with Crippen molar-refractivity contribution in [2.75, 3.05) is 4.31 Å². The smallest absolute Gasteiger partial charge is 0.330 e. The van der Waals surface area contributed by atoms with Gasteiger partial charge < -0.3 is 14.4 Å². The van der Waals surface area contributed by atoms with Gasteiger partial charge in [0, 0.05) is 17.0 Å². The number of carbonyl (C=O) groups excluding carboxylic acids is 1. The Morgan fingerprint density at radius 1 is 1.07 bits per heavy atom. The molecule has 2 atom stereocenters. The molecule has 0 aliphatic rings. The van der Waals surface area contributed by atoms with Crippen LogP contribution in [0.15, 0.2) is 48.5 Å². The highest BCUT2D eigenvalue weighted by Gasteiger charge is 2.34. The summed E-state index contributed by atoms with van der Waals surface area (Å²) in [6.45, 7) is 8.79. The van der Waals surface area contributed by atoms with Crippen LogP contribution in [0.4, 0.5) is 5.69 Å². The molecule has 1 N–H and O–H groups in total. The lowest BCUT2D eigenvalue weighted by Crippen LogP contribution is -2.48. The van der Waals surface area contributed by atoms with E-state index in [1.807, 2.05) is 24.3 Å². The predicted molar refractivity (Wildman–Crippen MR) is 114 cm³/mol. The topological polar surface area (TPSA) is 89.9 Å². The average Bonchev–Trinajstić information content (AvgIpc) is 2.64. The van der Waals surface area contributed by atoms with E-state index in [9.17, 15) is 13.6 Å². The molecular formula is C22H28NO5S-. The second-order valence-electron chi connectivity index (χ2n) is 8.17. The van der Waals surface area contributed by atoms with Gasteiger partial charge in [-0.2, -0.15) is 0 Å². The number of ether oxygens (including phenoxy) is 1. The third-order valence-corrected chi connectivity index (χ3v) is 5.04. The highest BCUT2D eigenvalue weighted by atomic mass is 32.2. The largest absolute Gasteiger partial charge is 0.755 e. The molecule has 0 heterocycles. The lowest BCUT2D eigenvalue weighted by molar-refractivity contribution is -0.157. The molecular weight excluding hydrogens is 390 g/mol. The van der Waals surface area contributed by atoms with Gasteiger partial charge in [0.15, 0.2) is 0 Å². The minimum absolute atomic E-state index is 0.0231. The number of anilines is 1. The van der Waals surface area contributed by atoms with Gasteiger partial charge in [0.25, 0.3) is 0 Å². The number of carbonyl (C=O) groups is 1. The van der Waals surface area contributed by atoms with Gasteiger partial charge in [0.1, 0.15) is 11.6 Å². The first kappa shape index (κ1) is 23.1. The van der Waals surface area contributed by atoms with Gasteiger partial charge >= 0.3 is 5.97 Å². The van der Waals surface area contributed by atoms with E-state index in [1.165, 1.54) is 0 Å². The van der Waals surface area contributed by atoms with Gasteiger partial charge in [-0.05, 0) is 55.5 Å². The molecule has 158 valence electrons. The zero-order valence-corrected chi connectivity index (χ0v) is 18.2. The maximum Gasteiger partial charge on any atom is 0.330 e. The highest BCUT2D eigenvalue weighted by molar-refractivity contribution is 7.80. The normalized spacial score (nSPS) is 13.8. The molecule has 2 rings (SSSR count). The first-order chi connectivity index (χ1) is 13.5. The summed E-state index contributed by atoms with van der Waals surface area (Å²) in [4.78, 5) is 12.7. The molecule has 0 aliphatic heterocycles. The summed E-state index contributed by atoms with van der Waals surface area (Å²) in [5.74, 6) is -0.867. The van der Waals surface area contributed by atoms with Crippen LogP contribution in [-0.4, -0.2) is 31.5 Å². The van der Waals surface area contributed by atoms with Gasteiger partial charge in [0.05, 0.1) is 6.61 Å². The van der Waals surface area contributed by atoms with Gasteiger partial charge in [-0.1, -0.05) is 50.2 Å². The third kappa shape index (κ3) is 6.13. The van der Waals surface area contributed by atoms with Gasteiger partial charge in [0.2, 0.25) is 0 Å². The van der Waals surface area contributed by atoms with Gasteiger partial charge in [-0.15, -0.1) is 0 Å². The molecule has 0 radical (unpaired) electrons. The van der Waals surface area contributed by atoms with E-state index in [1.54, 1.807) is 58.9 Å². The molecule has 0 spiro atoms. The SMILES string of the molecule is CC(C)C(C(=O)OC(C)(C)C)N(c1ccc(-c2ccc(CO)cc2)cc1)S(=O)[O-]. The van der Waals surface area contributed by atoms with E-state index in [0.29, 0.717) is 5.69 Å². The molecule has 0 amide bonds. The van der Waals surface area contributed by atoms with Crippen molar-refractivity contribution in [1.82, 2.24) is 0 Å². The Morgan fingerprint density at radius 2 is 1.55 bits per heavy atom. The van der Waals surface area contributed by atoms with Crippen LogP contribution >= 0.6 is 0 Å². The second-order valence-corrected chi connectivity index (χ2v) is 8.99. The Hall–Kier alpha value is -2.22. The summed E-state index contributed by atoms with van der Waals surface area (Å²) in [5.41, 5.74) is 2.32. The van der Waals surface area contributed by atoms with Crippen molar-refractivity contribution >= 4 is 22.9 Å². The monoisotopic (exact) mass is 418 g/mol. The first-order valence-electron chi connectivity index (χ1n) is 9.45. The first-order valence-corrected chi connectivity index (χ1v) is 10.5. The maximum atomic E-state index is 12.7. The van der Waals surface area contributed by atoms with Crippen LogP contribution in [0, 0.1) is 5.92 Å². The summed E-state index contributed by atoms with van der Waals surface area (Å²) in [6.07, 6.45) is 0. The zero-order valence-electron chi connectivity index (χ0n) is 17.4. The number of aliphatic hydroxyl groups is 1. The molecule has 0 aliphatic carbocycles. The lowest BCUT2D eigenvalue weighted by Gasteiger charge is -2.36. The minimum atomic E-state index is -2.65. The highest BCUT2D eigenvalue weighted by Crippen LogP contribution is 2.28. The van der Waals surface area contributed by atoms with E-state index >= 15 is 0 Å². The van der Waals surface area contributed by atoms with Crippen LogP contribution in [-0.2, 0) is 27.4 Å². The van der Waals surface area contributed by atoms with Gasteiger partial charge in [-0.3, -0.25) is 8.51 Å². The van der Waals surface area contributed by atoms with Crippen LogP contribution in [0.2, 0.25) is 0 Å². The summed E-state index contributed by atoms with van der Waals surface area (Å²) in [5, 5.41) is 9.16. The van der Waals surface area contributed by atoms with Crippen LogP contribution in [0.5, 0.6) is 0 Å². The maximum absolute atomic E-state index is 12.7. The molecule has 0 bridgehead atoms. The van der Waals surface area contributed by atoms with Gasteiger partial charge in [-0.25, -0.2) is 4.79 Å². The number of esters is 1. The Labute approximate surface area is 174 Å². The average molecular weight is 419 g/mol. The summed E-state index contributed by atoms with van der Waals surface area (Å²) in [6, 6.07) is 13.4. The van der Waals surface area contributed by atoms with Crippen molar-refractivity contribution in [2.24, 2.45) is 5.92 Å². The molecule has 2 aromatic rings. The quantitative estimate of drug-likeness (QED) is 0.545. The fraction of sp³-hybridized carbons (Fsp3) is 0.409. The molecule has 0 saturated heterocycles. The zero-order chi connectivity index (χ0) is 21.8. The minimum Gasteiger partial charge on any atom is -0.755 e. The summed E-state index contributed by atoms with van der Waals surface area (Å²) in [7, 11) is 0. The fourth-order valence-electron chi connectivity index (χ4n) is 2.94. The Kier molecular flexibility index (Phi) is 7.57. The Balaban J connectivity index is 2.35. The fourth-order valence-corrected chi connectivity index (χ4v) is 3.75. The number of hydrogen-bond donors (Lipinski definition) is 1. The number of hydrogen-bond acceptors (Lipinski definition) is 5. The molecule has 29 heavy (non-hydrogen) atoms. The van der Waals surface area contributed by atoms with Crippen LogP contribution in [0.1, 0.15) is 40.2 Å². The summed E-state index contributed by atoms with van der Waals surface area (Å²) >= 11 is -2.65. The molecule has 2 aromatic carbocycles. The van der Waals surface area contributed by atoms with Crippen molar-refractivity contribution < 1.29 is 23.4 Å². The van der Waals surface area contributed by atoms with Crippen LogP contribution < -0.4 is 4.31 Å². The standard InChI is InChI=1S/C22H29NO5S/c1-15(2)20(21(25)28-22(3,4)5)23(29(26)27)19-12-10-18(11-13-19)17-8-6-16(14-24)7-9-17/h6-13,15,20,24H,14H2,1-5H3,(H,26,27)/p-1.